The van der Waals surface area contributed by atoms with Gasteiger partial charge in [0.05, 0.1) is 13.0 Å². The SMILES string of the molecule is CN=C(NCCCN1CCCC(C(N)=O)C1)NCCc1cc(C)ccc1OC.I. The number of halogens is 1. The zero-order valence-electron chi connectivity index (χ0n) is 17.9. The average Bonchev–Trinajstić information content (AvgIpc) is 2.70. The van der Waals surface area contributed by atoms with E-state index in [1.54, 1.807) is 14.2 Å². The molecule has 1 heterocycles. The van der Waals surface area contributed by atoms with Gasteiger partial charge in [0.2, 0.25) is 5.91 Å². The average molecular weight is 517 g/mol. The summed E-state index contributed by atoms with van der Waals surface area (Å²) in [5, 5.41) is 6.72. The van der Waals surface area contributed by atoms with Gasteiger partial charge in [-0.25, -0.2) is 0 Å². The number of aryl methyl sites for hydroxylation is 1. The first-order valence-corrected chi connectivity index (χ1v) is 10.1. The summed E-state index contributed by atoms with van der Waals surface area (Å²) >= 11 is 0. The molecular formula is C21H36IN5O2. The van der Waals surface area contributed by atoms with E-state index in [1.807, 2.05) is 6.07 Å². The molecule has 1 aliphatic rings. The normalized spacial score (nSPS) is 17.3. The molecule has 0 aromatic heterocycles. The number of nitrogens with two attached hydrogens (primary N) is 1. The van der Waals surface area contributed by atoms with E-state index in [0.29, 0.717) is 0 Å². The molecule has 1 fully saturated rings. The molecule has 1 aromatic rings. The molecule has 1 atom stereocenters. The van der Waals surface area contributed by atoms with Gasteiger partial charge in [-0.3, -0.25) is 9.79 Å². The fourth-order valence-corrected chi connectivity index (χ4v) is 3.64. The van der Waals surface area contributed by atoms with Gasteiger partial charge in [0.15, 0.2) is 5.96 Å². The van der Waals surface area contributed by atoms with Gasteiger partial charge in [0, 0.05) is 26.7 Å². The Morgan fingerprint density at radius 2 is 2.10 bits per heavy atom. The van der Waals surface area contributed by atoms with E-state index in [2.05, 4.69) is 39.6 Å². The predicted molar refractivity (Wildman–Crippen MR) is 129 cm³/mol. The maximum Gasteiger partial charge on any atom is 0.221 e. The number of carbonyl (C=O) groups is 1. The largest absolute Gasteiger partial charge is 0.496 e. The van der Waals surface area contributed by atoms with Gasteiger partial charge in [0.1, 0.15) is 5.75 Å². The van der Waals surface area contributed by atoms with Crippen molar-refractivity contribution in [1.82, 2.24) is 15.5 Å². The van der Waals surface area contributed by atoms with E-state index < -0.39 is 0 Å². The molecule has 0 bridgehead atoms. The highest BCUT2D eigenvalue weighted by Gasteiger charge is 2.23. The van der Waals surface area contributed by atoms with Crippen LogP contribution < -0.4 is 21.1 Å². The van der Waals surface area contributed by atoms with Crippen LogP contribution in [0.2, 0.25) is 0 Å². The molecule has 1 amide bonds. The third-order valence-corrected chi connectivity index (χ3v) is 5.20. The van der Waals surface area contributed by atoms with Crippen molar-refractivity contribution in [1.29, 1.82) is 0 Å². The number of hydrogen-bond donors (Lipinski definition) is 3. The highest BCUT2D eigenvalue weighted by molar-refractivity contribution is 14.0. The predicted octanol–water partition coefficient (Wildman–Crippen LogP) is 1.92. The van der Waals surface area contributed by atoms with Gasteiger partial charge in [-0.1, -0.05) is 17.7 Å². The molecule has 4 N–H and O–H groups in total. The van der Waals surface area contributed by atoms with Crippen LogP contribution in [0.25, 0.3) is 0 Å². The molecule has 1 saturated heterocycles. The highest BCUT2D eigenvalue weighted by Crippen LogP contribution is 2.19. The maximum atomic E-state index is 11.4. The van der Waals surface area contributed by atoms with Crippen LogP contribution in [0.4, 0.5) is 0 Å². The lowest BCUT2D eigenvalue weighted by Crippen LogP contribution is -2.43. The Labute approximate surface area is 191 Å². The summed E-state index contributed by atoms with van der Waals surface area (Å²) in [7, 11) is 3.49. The number of rotatable bonds is 9. The van der Waals surface area contributed by atoms with Crippen LogP contribution in [0.1, 0.15) is 30.4 Å². The van der Waals surface area contributed by atoms with E-state index in [0.717, 1.165) is 70.1 Å². The van der Waals surface area contributed by atoms with Crippen molar-refractivity contribution in [3.8, 4) is 5.75 Å². The molecule has 164 valence electrons. The molecule has 2 rings (SSSR count). The smallest absolute Gasteiger partial charge is 0.221 e. The molecule has 1 aromatic carbocycles. The third-order valence-electron chi connectivity index (χ3n) is 5.20. The molecule has 0 aliphatic carbocycles. The van der Waals surface area contributed by atoms with Crippen LogP contribution in [-0.2, 0) is 11.2 Å². The summed E-state index contributed by atoms with van der Waals surface area (Å²) in [6.07, 6.45) is 3.84. The quantitative estimate of drug-likeness (QED) is 0.202. The number of carbonyl (C=O) groups excluding carboxylic acids is 1. The molecule has 0 radical (unpaired) electrons. The van der Waals surface area contributed by atoms with Crippen molar-refractivity contribution in [3.63, 3.8) is 0 Å². The monoisotopic (exact) mass is 517 g/mol. The van der Waals surface area contributed by atoms with Crippen LogP contribution in [0, 0.1) is 12.8 Å². The number of ether oxygens (including phenoxy) is 1. The highest BCUT2D eigenvalue weighted by atomic mass is 127. The molecule has 1 aliphatic heterocycles. The van der Waals surface area contributed by atoms with E-state index >= 15 is 0 Å². The minimum Gasteiger partial charge on any atom is -0.496 e. The number of piperidine rings is 1. The van der Waals surface area contributed by atoms with Gasteiger partial charge < -0.3 is 26.0 Å². The zero-order chi connectivity index (χ0) is 20.4. The third kappa shape index (κ3) is 8.77. The fourth-order valence-electron chi connectivity index (χ4n) is 3.64. The first-order valence-electron chi connectivity index (χ1n) is 10.1. The molecule has 1 unspecified atom stereocenters. The fraction of sp³-hybridized carbons (Fsp3) is 0.619. The number of benzene rings is 1. The Kier molecular flexibility index (Phi) is 12.0. The second-order valence-corrected chi connectivity index (χ2v) is 7.39. The molecule has 29 heavy (non-hydrogen) atoms. The summed E-state index contributed by atoms with van der Waals surface area (Å²) in [4.78, 5) is 18.0. The van der Waals surface area contributed by atoms with Gasteiger partial charge >= 0.3 is 0 Å². The van der Waals surface area contributed by atoms with Crippen LogP contribution >= 0.6 is 24.0 Å². The number of aliphatic imine (C=N–C) groups is 1. The van der Waals surface area contributed by atoms with E-state index in [9.17, 15) is 4.79 Å². The van der Waals surface area contributed by atoms with Crippen molar-refractivity contribution >= 4 is 35.8 Å². The summed E-state index contributed by atoms with van der Waals surface area (Å²) in [6, 6.07) is 6.24. The molecular weight excluding hydrogens is 481 g/mol. The number of primary amides is 1. The number of hydrogen-bond acceptors (Lipinski definition) is 4. The van der Waals surface area contributed by atoms with E-state index in [-0.39, 0.29) is 35.8 Å². The number of amides is 1. The van der Waals surface area contributed by atoms with Crippen LogP contribution in [0.3, 0.4) is 0 Å². The number of guanidine groups is 1. The van der Waals surface area contributed by atoms with Gasteiger partial charge in [-0.2, -0.15) is 0 Å². The number of nitrogens with zero attached hydrogens (tertiary/aromatic N) is 2. The van der Waals surface area contributed by atoms with Crippen molar-refractivity contribution in [2.24, 2.45) is 16.6 Å². The van der Waals surface area contributed by atoms with Gasteiger partial charge in [-0.05, 0) is 57.3 Å². The lowest BCUT2D eigenvalue weighted by Gasteiger charge is -2.31. The minimum absolute atomic E-state index is 0. The Morgan fingerprint density at radius 3 is 2.79 bits per heavy atom. The number of methoxy groups -OCH3 is 1. The molecule has 8 heteroatoms. The molecule has 0 spiro atoms. The summed E-state index contributed by atoms with van der Waals surface area (Å²) in [5.41, 5.74) is 7.87. The first-order chi connectivity index (χ1) is 13.5. The second-order valence-electron chi connectivity index (χ2n) is 7.39. The summed E-state index contributed by atoms with van der Waals surface area (Å²) in [6.45, 7) is 6.52. The lowest BCUT2D eigenvalue weighted by atomic mass is 9.97. The van der Waals surface area contributed by atoms with Crippen molar-refractivity contribution in [2.75, 3.05) is 46.9 Å². The second kappa shape index (κ2) is 13.6. The summed E-state index contributed by atoms with van der Waals surface area (Å²) < 4.78 is 5.44. The Morgan fingerprint density at radius 1 is 1.34 bits per heavy atom. The lowest BCUT2D eigenvalue weighted by molar-refractivity contribution is -0.123. The van der Waals surface area contributed by atoms with Crippen molar-refractivity contribution in [3.05, 3.63) is 29.3 Å². The Balaban J connectivity index is 0.00000420. The van der Waals surface area contributed by atoms with Gasteiger partial charge in [-0.15, -0.1) is 24.0 Å². The maximum absolute atomic E-state index is 11.4. The first kappa shape index (κ1) is 25.5. The number of nitrogens with one attached hydrogen (secondary N) is 2. The Hall–Kier alpha value is -1.55. The van der Waals surface area contributed by atoms with E-state index in [1.165, 1.54) is 11.1 Å². The summed E-state index contributed by atoms with van der Waals surface area (Å²) in [5.74, 6) is 1.57. The van der Waals surface area contributed by atoms with E-state index in [4.69, 9.17) is 10.5 Å². The van der Waals surface area contributed by atoms with Gasteiger partial charge in [0.25, 0.3) is 0 Å². The minimum atomic E-state index is -0.169. The van der Waals surface area contributed by atoms with Crippen molar-refractivity contribution < 1.29 is 9.53 Å². The molecule has 0 saturated carbocycles. The van der Waals surface area contributed by atoms with Crippen LogP contribution in [0.15, 0.2) is 23.2 Å². The topological polar surface area (TPSA) is 92.0 Å². The van der Waals surface area contributed by atoms with Crippen molar-refractivity contribution in [2.45, 2.75) is 32.6 Å². The standard InChI is InChI=1S/C21H35N5O2.HI/c1-16-7-8-19(28-3)17(14-16)9-11-25-21(23-2)24-10-5-13-26-12-4-6-18(15-26)20(22)27;/h7-8,14,18H,4-6,9-13,15H2,1-3H3,(H2,22,27)(H2,23,24,25);1H. The zero-order valence-corrected chi connectivity index (χ0v) is 20.2. The van der Waals surface area contributed by atoms with Crippen LogP contribution in [0.5, 0.6) is 5.75 Å². The Bertz CT molecular complexity index is 668. The number of likely N-dealkylation sites (tertiary alicyclic amines) is 1. The molecule has 7 nitrogen and oxygen atoms in total. The van der Waals surface area contributed by atoms with Crippen LogP contribution in [-0.4, -0.2) is 63.6 Å².